The Bertz CT molecular complexity index is 861. The smallest absolute Gasteiger partial charge is 0.462 e. The molecule has 0 aromatic rings. The molecule has 0 aliphatic rings. The SMILES string of the molecule is CC/C=C\C/C=C\C/C=C\C/C=C\CCCCC(=O)OC(COC(=O)CCCC)COP(=O)(O)OCC[N+](C)(C)C. The Labute approximate surface area is 248 Å². The molecule has 236 valence electrons. The van der Waals surface area contributed by atoms with Gasteiger partial charge < -0.3 is 18.9 Å². The average molecular weight is 601 g/mol. The third-order valence-electron chi connectivity index (χ3n) is 5.62. The number of allylic oxidation sites excluding steroid dienone is 8. The van der Waals surface area contributed by atoms with Gasteiger partial charge in [0.25, 0.3) is 0 Å². The molecule has 0 rings (SSSR count). The molecule has 2 unspecified atom stereocenters. The summed E-state index contributed by atoms with van der Waals surface area (Å²) >= 11 is 0. The molecule has 0 spiro atoms. The van der Waals surface area contributed by atoms with Crippen LogP contribution in [0.5, 0.6) is 0 Å². The van der Waals surface area contributed by atoms with Gasteiger partial charge in [-0.15, -0.1) is 0 Å². The van der Waals surface area contributed by atoms with Crippen LogP contribution in [0.4, 0.5) is 0 Å². The molecule has 1 N–H and O–H groups in total. The highest BCUT2D eigenvalue weighted by Gasteiger charge is 2.26. The molecular weight excluding hydrogens is 545 g/mol. The van der Waals surface area contributed by atoms with Crippen molar-refractivity contribution in [2.75, 3.05) is 47.5 Å². The van der Waals surface area contributed by atoms with E-state index in [0.717, 1.165) is 44.9 Å². The van der Waals surface area contributed by atoms with Crippen LogP contribution in [0.1, 0.15) is 84.5 Å². The topological polar surface area (TPSA) is 108 Å². The zero-order valence-corrected chi connectivity index (χ0v) is 26.9. The standard InChI is InChI=1S/C31H54NO8P/c1-6-8-10-11-12-13-14-15-16-17-18-19-20-21-22-24-31(34)40-29(27-37-30(33)23-9-7-2)28-39-41(35,36)38-26-25-32(3,4)5/h8,10,12-13,15-16,18-19,29H,6-7,9,11,14,17,20-28H2,1-5H3/p+1/b10-8-,13-12-,16-15-,19-18-. The number of rotatable bonds is 25. The first-order chi connectivity index (χ1) is 19.5. The van der Waals surface area contributed by atoms with E-state index < -0.39 is 32.5 Å². The van der Waals surface area contributed by atoms with E-state index >= 15 is 0 Å². The number of phosphoric ester groups is 1. The molecule has 0 amide bonds. The fourth-order valence-corrected chi connectivity index (χ4v) is 3.96. The monoisotopic (exact) mass is 600 g/mol. The lowest BCUT2D eigenvalue weighted by Crippen LogP contribution is -2.37. The van der Waals surface area contributed by atoms with Gasteiger partial charge in [-0.3, -0.25) is 18.6 Å². The van der Waals surface area contributed by atoms with Gasteiger partial charge in [0.2, 0.25) is 0 Å². The largest absolute Gasteiger partial charge is 0.472 e. The van der Waals surface area contributed by atoms with E-state index in [1.54, 1.807) is 0 Å². The Morgan fingerprint density at radius 1 is 0.780 bits per heavy atom. The van der Waals surface area contributed by atoms with Crippen molar-refractivity contribution in [3.05, 3.63) is 48.6 Å². The normalized spacial score (nSPS) is 14.8. The number of nitrogens with zero attached hydrogens (tertiary/aromatic N) is 1. The maximum absolute atomic E-state index is 12.4. The quantitative estimate of drug-likeness (QED) is 0.0399. The fourth-order valence-electron chi connectivity index (χ4n) is 3.21. The number of esters is 2. The Hall–Kier alpha value is -2.03. The molecule has 41 heavy (non-hydrogen) atoms. The van der Waals surface area contributed by atoms with Crippen molar-refractivity contribution in [1.82, 2.24) is 0 Å². The van der Waals surface area contributed by atoms with Crippen LogP contribution in [0.2, 0.25) is 0 Å². The van der Waals surface area contributed by atoms with Gasteiger partial charge in [0, 0.05) is 12.8 Å². The molecule has 10 heteroatoms. The lowest BCUT2D eigenvalue weighted by molar-refractivity contribution is -0.870. The van der Waals surface area contributed by atoms with Crippen LogP contribution in [0.3, 0.4) is 0 Å². The van der Waals surface area contributed by atoms with Gasteiger partial charge in [-0.1, -0.05) is 68.9 Å². The highest BCUT2D eigenvalue weighted by atomic mass is 31.2. The Morgan fingerprint density at radius 2 is 1.37 bits per heavy atom. The first-order valence-corrected chi connectivity index (χ1v) is 16.4. The van der Waals surface area contributed by atoms with Crippen molar-refractivity contribution in [2.45, 2.75) is 90.6 Å². The van der Waals surface area contributed by atoms with E-state index in [1.165, 1.54) is 0 Å². The van der Waals surface area contributed by atoms with Crippen LogP contribution in [-0.2, 0) is 32.7 Å². The van der Waals surface area contributed by atoms with Crippen LogP contribution in [0, 0.1) is 0 Å². The second-order valence-corrected chi connectivity index (χ2v) is 12.2. The zero-order chi connectivity index (χ0) is 30.8. The molecule has 0 aliphatic heterocycles. The third-order valence-corrected chi connectivity index (χ3v) is 6.61. The third kappa shape index (κ3) is 27.9. The molecule has 0 saturated heterocycles. The highest BCUT2D eigenvalue weighted by Crippen LogP contribution is 2.43. The van der Waals surface area contributed by atoms with Gasteiger partial charge in [-0.25, -0.2) is 4.57 Å². The maximum Gasteiger partial charge on any atom is 0.472 e. The number of hydrogen-bond donors (Lipinski definition) is 1. The Kier molecular flexibility index (Phi) is 23.3. The number of quaternary nitrogens is 1. The number of hydrogen-bond acceptors (Lipinski definition) is 7. The molecule has 9 nitrogen and oxygen atoms in total. The zero-order valence-electron chi connectivity index (χ0n) is 26.0. The minimum Gasteiger partial charge on any atom is -0.462 e. The van der Waals surface area contributed by atoms with Crippen molar-refractivity contribution in [3.8, 4) is 0 Å². The summed E-state index contributed by atoms with van der Waals surface area (Å²) in [6.07, 6.45) is 24.3. The van der Waals surface area contributed by atoms with Crippen LogP contribution in [-0.4, -0.2) is 74.9 Å². The predicted octanol–water partition coefficient (Wildman–Crippen LogP) is 6.84. The summed E-state index contributed by atoms with van der Waals surface area (Å²) in [5.41, 5.74) is 0. The number of likely N-dealkylation sites (N-methyl/N-ethyl adjacent to an activating group) is 1. The molecule has 0 heterocycles. The van der Waals surface area contributed by atoms with Crippen LogP contribution in [0.15, 0.2) is 48.6 Å². The van der Waals surface area contributed by atoms with Gasteiger partial charge in [0.15, 0.2) is 6.10 Å². The Morgan fingerprint density at radius 3 is 1.95 bits per heavy atom. The van der Waals surface area contributed by atoms with E-state index in [4.69, 9.17) is 18.5 Å². The summed E-state index contributed by atoms with van der Waals surface area (Å²) in [6, 6.07) is 0. The predicted molar refractivity (Wildman–Crippen MR) is 164 cm³/mol. The summed E-state index contributed by atoms with van der Waals surface area (Å²) in [7, 11) is 1.43. The molecule has 0 saturated carbocycles. The molecule has 0 radical (unpaired) electrons. The lowest BCUT2D eigenvalue weighted by Gasteiger charge is -2.24. The molecular formula is C31H55NO8P+. The van der Waals surface area contributed by atoms with E-state index in [9.17, 15) is 19.0 Å². The molecule has 0 aliphatic carbocycles. The van der Waals surface area contributed by atoms with Crippen LogP contribution < -0.4 is 0 Å². The number of unbranched alkanes of at least 4 members (excludes halogenated alkanes) is 3. The molecule has 0 aromatic heterocycles. The van der Waals surface area contributed by atoms with E-state index in [0.29, 0.717) is 23.9 Å². The first kappa shape index (κ1) is 39.0. The number of carbonyl (C=O) groups is 2. The second kappa shape index (κ2) is 24.6. The molecule has 0 aromatic carbocycles. The van der Waals surface area contributed by atoms with E-state index in [-0.39, 0.29) is 26.1 Å². The van der Waals surface area contributed by atoms with Crippen molar-refractivity contribution in [2.24, 2.45) is 0 Å². The summed E-state index contributed by atoms with van der Waals surface area (Å²) in [4.78, 5) is 34.3. The summed E-state index contributed by atoms with van der Waals surface area (Å²) < 4.78 is 33.5. The van der Waals surface area contributed by atoms with Gasteiger partial charge >= 0.3 is 19.8 Å². The second-order valence-electron chi connectivity index (χ2n) is 10.8. The van der Waals surface area contributed by atoms with Crippen molar-refractivity contribution in [3.63, 3.8) is 0 Å². The van der Waals surface area contributed by atoms with Crippen LogP contribution in [0.25, 0.3) is 0 Å². The minimum atomic E-state index is -4.35. The summed E-state index contributed by atoms with van der Waals surface area (Å²) in [5, 5.41) is 0. The fraction of sp³-hybridized carbons (Fsp3) is 0.677. The number of ether oxygens (including phenoxy) is 2. The Balaban J connectivity index is 4.44. The van der Waals surface area contributed by atoms with Crippen LogP contribution >= 0.6 is 7.82 Å². The molecule has 0 fully saturated rings. The van der Waals surface area contributed by atoms with Gasteiger partial charge in [-0.05, 0) is 51.4 Å². The van der Waals surface area contributed by atoms with E-state index in [2.05, 4.69) is 55.5 Å². The average Bonchev–Trinajstić information content (AvgIpc) is 2.90. The summed E-state index contributed by atoms with van der Waals surface area (Å²) in [6.45, 7) is 3.93. The van der Waals surface area contributed by atoms with Gasteiger partial charge in [0.05, 0.1) is 27.7 Å². The first-order valence-electron chi connectivity index (χ1n) is 14.9. The van der Waals surface area contributed by atoms with Gasteiger partial charge in [0.1, 0.15) is 19.8 Å². The molecule has 2 atom stereocenters. The lowest BCUT2D eigenvalue weighted by atomic mass is 10.2. The number of carbonyl (C=O) groups excluding carboxylic acids is 2. The summed E-state index contributed by atoms with van der Waals surface area (Å²) in [5.74, 6) is -0.899. The highest BCUT2D eigenvalue weighted by molar-refractivity contribution is 7.47. The number of phosphoric acid groups is 1. The minimum absolute atomic E-state index is 0.0208. The maximum atomic E-state index is 12.4. The van der Waals surface area contributed by atoms with Crippen molar-refractivity contribution >= 4 is 19.8 Å². The van der Waals surface area contributed by atoms with E-state index in [1.807, 2.05) is 28.1 Å². The van der Waals surface area contributed by atoms with Crippen molar-refractivity contribution < 1.29 is 42.1 Å². The van der Waals surface area contributed by atoms with Gasteiger partial charge in [-0.2, -0.15) is 0 Å². The van der Waals surface area contributed by atoms with Crippen molar-refractivity contribution in [1.29, 1.82) is 0 Å². The molecule has 0 bridgehead atoms.